The molecule has 1 atom stereocenters. The van der Waals surface area contributed by atoms with Gasteiger partial charge in [0.25, 0.3) is 0 Å². The van der Waals surface area contributed by atoms with E-state index in [0.29, 0.717) is 0 Å². The Balaban J connectivity index is 1.67. The lowest BCUT2D eigenvalue weighted by molar-refractivity contribution is -0.0337. The first-order valence-electron chi connectivity index (χ1n) is 7.09. The van der Waals surface area contributed by atoms with Crippen molar-refractivity contribution in [2.45, 2.75) is 26.1 Å². The van der Waals surface area contributed by atoms with Crippen LogP contribution < -0.4 is 0 Å². The van der Waals surface area contributed by atoms with E-state index in [1.807, 2.05) is 24.8 Å². The van der Waals surface area contributed by atoms with Gasteiger partial charge in [0.2, 0.25) is 0 Å². The molecule has 0 saturated carbocycles. The Morgan fingerprint density at radius 3 is 3.10 bits per heavy atom. The van der Waals surface area contributed by atoms with E-state index >= 15 is 0 Å². The van der Waals surface area contributed by atoms with Gasteiger partial charge in [0.15, 0.2) is 0 Å². The Morgan fingerprint density at radius 2 is 2.30 bits per heavy atom. The van der Waals surface area contributed by atoms with E-state index in [4.69, 9.17) is 4.74 Å². The average molecular weight is 272 g/mol. The largest absolute Gasteiger partial charge is 0.371 e. The lowest BCUT2D eigenvalue weighted by Gasteiger charge is -2.33. The van der Waals surface area contributed by atoms with Crippen molar-refractivity contribution >= 4 is 0 Å². The minimum absolute atomic E-state index is 0.121. The summed E-state index contributed by atoms with van der Waals surface area (Å²) >= 11 is 0. The average Bonchev–Trinajstić information content (AvgIpc) is 2.96. The molecule has 0 spiro atoms. The number of ether oxygens (including phenoxy) is 1. The second-order valence-corrected chi connectivity index (χ2v) is 5.05. The molecule has 1 aliphatic heterocycles. The summed E-state index contributed by atoms with van der Waals surface area (Å²) in [5, 5.41) is 0. The molecule has 5 heteroatoms. The minimum Gasteiger partial charge on any atom is -0.371 e. The van der Waals surface area contributed by atoms with Gasteiger partial charge in [-0.3, -0.25) is 9.88 Å². The van der Waals surface area contributed by atoms with Gasteiger partial charge in [-0.15, -0.1) is 0 Å². The zero-order valence-corrected chi connectivity index (χ0v) is 11.8. The van der Waals surface area contributed by atoms with Crippen molar-refractivity contribution in [3.05, 3.63) is 48.3 Å². The molecular weight excluding hydrogens is 252 g/mol. The lowest BCUT2D eigenvalue weighted by atomic mass is 10.1. The molecule has 0 aliphatic carbocycles. The standard InChI is InChI=1S/C15H20N4O/c1-2-19-12-17-9-14(19)10-18-6-7-20-15(11-18)13-4-3-5-16-8-13/h3-5,8-9,12,15H,2,6-7,10-11H2,1H3/t15-/m1/s1. The molecule has 5 nitrogen and oxygen atoms in total. The highest BCUT2D eigenvalue weighted by Gasteiger charge is 2.22. The van der Waals surface area contributed by atoms with E-state index in [2.05, 4.69) is 32.4 Å². The molecule has 3 heterocycles. The topological polar surface area (TPSA) is 43.2 Å². The molecule has 1 fully saturated rings. The van der Waals surface area contributed by atoms with Crippen molar-refractivity contribution < 1.29 is 4.74 Å². The first-order valence-corrected chi connectivity index (χ1v) is 7.09. The molecule has 0 bridgehead atoms. The third-order valence-electron chi connectivity index (χ3n) is 3.73. The van der Waals surface area contributed by atoms with Gasteiger partial charge in [-0.1, -0.05) is 6.07 Å². The van der Waals surface area contributed by atoms with E-state index in [1.54, 1.807) is 6.20 Å². The molecule has 0 aromatic carbocycles. The fourth-order valence-corrected chi connectivity index (χ4v) is 2.61. The molecule has 20 heavy (non-hydrogen) atoms. The molecule has 3 rings (SSSR count). The van der Waals surface area contributed by atoms with Gasteiger partial charge in [0.1, 0.15) is 0 Å². The summed E-state index contributed by atoms with van der Waals surface area (Å²) in [5.74, 6) is 0. The number of imidazole rings is 1. The number of pyridine rings is 1. The fraction of sp³-hybridized carbons (Fsp3) is 0.467. The molecule has 0 N–H and O–H groups in total. The van der Waals surface area contributed by atoms with E-state index in [9.17, 15) is 0 Å². The van der Waals surface area contributed by atoms with Crippen molar-refractivity contribution in [1.82, 2.24) is 19.4 Å². The van der Waals surface area contributed by atoms with E-state index < -0.39 is 0 Å². The Labute approximate surface area is 119 Å². The second kappa shape index (κ2) is 6.15. The summed E-state index contributed by atoms with van der Waals surface area (Å²) in [4.78, 5) is 10.8. The zero-order chi connectivity index (χ0) is 13.8. The zero-order valence-electron chi connectivity index (χ0n) is 11.8. The van der Waals surface area contributed by atoms with Crippen molar-refractivity contribution in [3.63, 3.8) is 0 Å². The fourth-order valence-electron chi connectivity index (χ4n) is 2.61. The van der Waals surface area contributed by atoms with Crippen molar-refractivity contribution in [2.75, 3.05) is 19.7 Å². The summed E-state index contributed by atoms with van der Waals surface area (Å²) in [6.45, 7) is 6.66. The maximum atomic E-state index is 5.87. The normalized spacial score (nSPS) is 20.1. The Bertz CT molecular complexity index is 540. The van der Waals surface area contributed by atoms with Crippen LogP contribution in [0.25, 0.3) is 0 Å². The predicted octanol–water partition coefficient (Wildman–Crippen LogP) is 1.87. The molecule has 106 valence electrons. The third kappa shape index (κ3) is 2.89. The first kappa shape index (κ1) is 13.3. The number of aromatic nitrogens is 3. The SMILES string of the molecule is CCn1cncc1CN1CCO[C@@H](c2cccnc2)C1. The van der Waals surface area contributed by atoms with Gasteiger partial charge in [-0.2, -0.15) is 0 Å². The van der Waals surface area contributed by atoms with Gasteiger partial charge in [-0.25, -0.2) is 4.98 Å². The molecule has 1 aliphatic rings. The van der Waals surface area contributed by atoms with Crippen LogP contribution in [-0.4, -0.2) is 39.1 Å². The highest BCUT2D eigenvalue weighted by atomic mass is 16.5. The van der Waals surface area contributed by atoms with Crippen molar-refractivity contribution in [2.24, 2.45) is 0 Å². The van der Waals surface area contributed by atoms with Crippen LogP contribution in [0.4, 0.5) is 0 Å². The Kier molecular flexibility index (Phi) is 4.08. The van der Waals surface area contributed by atoms with Gasteiger partial charge < -0.3 is 9.30 Å². The lowest BCUT2D eigenvalue weighted by Crippen LogP contribution is -2.38. The molecule has 0 unspecified atom stereocenters. The molecule has 1 saturated heterocycles. The maximum Gasteiger partial charge on any atom is 0.0967 e. The molecular formula is C15H20N4O. The minimum atomic E-state index is 0.121. The quantitative estimate of drug-likeness (QED) is 0.852. The van der Waals surface area contributed by atoms with Gasteiger partial charge >= 0.3 is 0 Å². The van der Waals surface area contributed by atoms with E-state index in [1.165, 1.54) is 5.69 Å². The summed E-state index contributed by atoms with van der Waals surface area (Å²) in [6, 6.07) is 4.04. The van der Waals surface area contributed by atoms with Gasteiger partial charge in [-0.05, 0) is 13.0 Å². The third-order valence-corrected chi connectivity index (χ3v) is 3.73. The van der Waals surface area contributed by atoms with Gasteiger partial charge in [0, 0.05) is 50.3 Å². The number of morpholine rings is 1. The summed E-state index contributed by atoms with van der Waals surface area (Å²) in [6.07, 6.45) is 7.66. The van der Waals surface area contributed by atoms with Crippen molar-refractivity contribution in [3.8, 4) is 0 Å². The predicted molar refractivity (Wildman–Crippen MR) is 76.1 cm³/mol. The van der Waals surface area contributed by atoms with E-state index in [0.717, 1.165) is 38.3 Å². The number of rotatable bonds is 4. The number of hydrogen-bond acceptors (Lipinski definition) is 4. The monoisotopic (exact) mass is 272 g/mol. The van der Waals surface area contributed by atoms with Crippen LogP contribution in [0, 0.1) is 0 Å². The number of nitrogens with zero attached hydrogens (tertiary/aromatic N) is 4. The molecule has 2 aromatic rings. The summed E-state index contributed by atoms with van der Waals surface area (Å²) in [7, 11) is 0. The van der Waals surface area contributed by atoms with Crippen LogP contribution in [0.2, 0.25) is 0 Å². The number of hydrogen-bond donors (Lipinski definition) is 0. The smallest absolute Gasteiger partial charge is 0.0967 e. The number of aryl methyl sites for hydroxylation is 1. The Hall–Kier alpha value is -1.72. The van der Waals surface area contributed by atoms with Crippen LogP contribution in [-0.2, 0) is 17.8 Å². The summed E-state index contributed by atoms with van der Waals surface area (Å²) in [5.41, 5.74) is 2.42. The summed E-state index contributed by atoms with van der Waals surface area (Å²) < 4.78 is 8.05. The molecule has 2 aromatic heterocycles. The van der Waals surface area contributed by atoms with Crippen LogP contribution in [0.1, 0.15) is 24.3 Å². The Morgan fingerprint density at radius 1 is 1.35 bits per heavy atom. The van der Waals surface area contributed by atoms with Gasteiger partial charge in [0.05, 0.1) is 24.7 Å². The molecule has 0 amide bonds. The van der Waals surface area contributed by atoms with Crippen LogP contribution in [0.3, 0.4) is 0 Å². The van der Waals surface area contributed by atoms with Crippen molar-refractivity contribution in [1.29, 1.82) is 0 Å². The van der Waals surface area contributed by atoms with Crippen LogP contribution in [0.5, 0.6) is 0 Å². The first-order chi connectivity index (χ1) is 9.86. The second-order valence-electron chi connectivity index (χ2n) is 5.05. The molecule has 0 radical (unpaired) electrons. The van der Waals surface area contributed by atoms with E-state index in [-0.39, 0.29) is 6.10 Å². The van der Waals surface area contributed by atoms with Crippen LogP contribution >= 0.6 is 0 Å². The highest BCUT2D eigenvalue weighted by molar-refractivity contribution is 5.13. The highest BCUT2D eigenvalue weighted by Crippen LogP contribution is 2.22. The van der Waals surface area contributed by atoms with Crippen LogP contribution in [0.15, 0.2) is 37.1 Å². The maximum absolute atomic E-state index is 5.87.